The van der Waals surface area contributed by atoms with Crippen LogP contribution in [0.2, 0.25) is 0 Å². The molecule has 3 atom stereocenters. The van der Waals surface area contributed by atoms with E-state index in [0.29, 0.717) is 12.6 Å². The molecule has 3 fully saturated rings. The van der Waals surface area contributed by atoms with Gasteiger partial charge in [-0.3, -0.25) is 0 Å². The number of aromatic nitrogens is 3. The largest absolute Gasteiger partial charge is 0.324 e. The van der Waals surface area contributed by atoms with Crippen LogP contribution >= 0.6 is 0 Å². The van der Waals surface area contributed by atoms with E-state index in [-0.39, 0.29) is 0 Å². The Labute approximate surface area is 108 Å². The zero-order valence-electron chi connectivity index (χ0n) is 10.9. The van der Waals surface area contributed by atoms with Crippen molar-refractivity contribution in [1.82, 2.24) is 14.8 Å². The lowest BCUT2D eigenvalue weighted by molar-refractivity contribution is 0.322. The maximum atomic E-state index is 5.77. The van der Waals surface area contributed by atoms with Gasteiger partial charge in [0.2, 0.25) is 0 Å². The van der Waals surface area contributed by atoms with Crippen LogP contribution in [0.1, 0.15) is 56.2 Å². The first kappa shape index (κ1) is 11.0. The van der Waals surface area contributed by atoms with Gasteiger partial charge >= 0.3 is 0 Å². The molecule has 4 rings (SSSR count). The quantitative estimate of drug-likeness (QED) is 0.884. The Balaban J connectivity index is 1.56. The number of rotatable bonds is 4. The minimum Gasteiger partial charge on any atom is -0.324 e. The summed E-state index contributed by atoms with van der Waals surface area (Å²) >= 11 is 0. The molecule has 98 valence electrons. The van der Waals surface area contributed by atoms with E-state index >= 15 is 0 Å². The zero-order chi connectivity index (χ0) is 12.1. The van der Waals surface area contributed by atoms with Gasteiger partial charge in [0.05, 0.1) is 6.54 Å². The van der Waals surface area contributed by atoms with Crippen LogP contribution in [0.25, 0.3) is 0 Å². The van der Waals surface area contributed by atoms with Crippen molar-refractivity contribution in [2.45, 2.75) is 57.5 Å². The molecule has 0 spiro atoms. The molecular formula is C14H22N4. The molecule has 2 bridgehead atoms. The van der Waals surface area contributed by atoms with E-state index in [9.17, 15) is 0 Å². The number of fused-ring (bicyclic) bond motifs is 2. The first-order valence-corrected chi connectivity index (χ1v) is 7.48. The monoisotopic (exact) mass is 246 g/mol. The second-order valence-corrected chi connectivity index (χ2v) is 6.48. The summed E-state index contributed by atoms with van der Waals surface area (Å²) in [5, 5.41) is 8.72. The number of hydrogen-bond acceptors (Lipinski definition) is 3. The summed E-state index contributed by atoms with van der Waals surface area (Å²) < 4.78 is 2.35. The fourth-order valence-corrected chi connectivity index (χ4v) is 4.25. The number of nitrogens with zero attached hydrogens (tertiary/aromatic N) is 3. The molecular weight excluding hydrogens is 224 g/mol. The van der Waals surface area contributed by atoms with E-state index in [1.54, 1.807) is 0 Å². The predicted molar refractivity (Wildman–Crippen MR) is 68.8 cm³/mol. The van der Waals surface area contributed by atoms with Gasteiger partial charge in [-0.2, -0.15) is 0 Å². The van der Waals surface area contributed by atoms with E-state index in [4.69, 9.17) is 5.73 Å². The zero-order valence-corrected chi connectivity index (χ0v) is 10.9. The van der Waals surface area contributed by atoms with Gasteiger partial charge in [-0.1, -0.05) is 6.42 Å². The van der Waals surface area contributed by atoms with Crippen molar-refractivity contribution in [3.63, 3.8) is 0 Å². The van der Waals surface area contributed by atoms with Gasteiger partial charge < -0.3 is 10.3 Å². The molecule has 0 aromatic carbocycles. The van der Waals surface area contributed by atoms with Crippen molar-refractivity contribution in [2.24, 2.45) is 23.5 Å². The van der Waals surface area contributed by atoms with Crippen molar-refractivity contribution in [3.8, 4) is 0 Å². The molecule has 3 saturated carbocycles. The highest BCUT2D eigenvalue weighted by atomic mass is 15.3. The fraction of sp³-hybridized carbons (Fsp3) is 0.857. The molecule has 4 heteroatoms. The second kappa shape index (κ2) is 4.05. The topological polar surface area (TPSA) is 56.7 Å². The normalized spacial score (nSPS) is 34.4. The average Bonchev–Trinajstić information content (AvgIpc) is 2.85. The summed E-state index contributed by atoms with van der Waals surface area (Å²) in [6, 6.07) is 0.659. The van der Waals surface area contributed by atoms with Gasteiger partial charge in [0.15, 0.2) is 0 Å². The highest BCUT2D eigenvalue weighted by Gasteiger charge is 2.40. The van der Waals surface area contributed by atoms with Crippen LogP contribution in [0.3, 0.4) is 0 Å². The molecule has 4 nitrogen and oxygen atoms in total. The molecule has 0 saturated heterocycles. The number of nitrogens with two attached hydrogens (primary N) is 1. The molecule has 0 radical (unpaired) electrons. The molecule has 3 aliphatic rings. The summed E-state index contributed by atoms with van der Waals surface area (Å²) in [5.74, 6) is 5.08. The van der Waals surface area contributed by atoms with Crippen LogP contribution in [0.5, 0.6) is 0 Å². The van der Waals surface area contributed by atoms with Crippen molar-refractivity contribution < 1.29 is 0 Å². The van der Waals surface area contributed by atoms with Gasteiger partial charge in [-0.05, 0) is 49.9 Å². The van der Waals surface area contributed by atoms with Gasteiger partial charge in [-0.15, -0.1) is 10.2 Å². The van der Waals surface area contributed by atoms with Crippen LogP contribution in [0, 0.1) is 17.8 Å². The molecule has 1 aromatic heterocycles. The standard InChI is InChI=1S/C14H22N4/c15-8-14-17-16-13(18(14)12-3-4-12)7-11-6-9-1-2-10(11)5-9/h9-12H,1-8,15H2. The summed E-state index contributed by atoms with van der Waals surface area (Å²) in [6.45, 7) is 0.528. The average molecular weight is 246 g/mol. The minimum atomic E-state index is 0.528. The lowest BCUT2D eigenvalue weighted by Crippen LogP contribution is -2.17. The van der Waals surface area contributed by atoms with Gasteiger partial charge in [0, 0.05) is 12.5 Å². The number of hydrogen-bond donors (Lipinski definition) is 1. The molecule has 1 aromatic rings. The van der Waals surface area contributed by atoms with Crippen molar-refractivity contribution in [1.29, 1.82) is 0 Å². The maximum Gasteiger partial charge on any atom is 0.147 e. The molecule has 18 heavy (non-hydrogen) atoms. The predicted octanol–water partition coefficient (Wildman–Crippen LogP) is 2.05. The highest BCUT2D eigenvalue weighted by molar-refractivity contribution is 5.05. The first-order valence-electron chi connectivity index (χ1n) is 7.48. The lowest BCUT2D eigenvalue weighted by Gasteiger charge is -2.21. The SMILES string of the molecule is NCc1nnc(CC2CC3CCC2C3)n1C1CC1. The fourth-order valence-electron chi connectivity index (χ4n) is 4.25. The van der Waals surface area contributed by atoms with E-state index in [0.717, 1.165) is 30.0 Å². The maximum absolute atomic E-state index is 5.77. The molecule has 3 aliphatic carbocycles. The minimum absolute atomic E-state index is 0.528. The summed E-state index contributed by atoms with van der Waals surface area (Å²) in [6.07, 6.45) is 9.56. The Hall–Kier alpha value is -0.900. The summed E-state index contributed by atoms with van der Waals surface area (Å²) in [5.41, 5.74) is 5.77. The van der Waals surface area contributed by atoms with Crippen LogP contribution in [-0.4, -0.2) is 14.8 Å². The Morgan fingerprint density at radius 2 is 1.89 bits per heavy atom. The molecule has 2 N–H and O–H groups in total. The van der Waals surface area contributed by atoms with Crippen LogP contribution in [0.15, 0.2) is 0 Å². The Bertz CT molecular complexity index is 449. The van der Waals surface area contributed by atoms with Gasteiger partial charge in [0.1, 0.15) is 11.6 Å². The Morgan fingerprint density at radius 1 is 1.06 bits per heavy atom. The van der Waals surface area contributed by atoms with E-state index in [1.807, 2.05) is 0 Å². The molecule has 1 heterocycles. The van der Waals surface area contributed by atoms with Crippen LogP contribution in [0.4, 0.5) is 0 Å². The molecule has 3 unspecified atom stereocenters. The van der Waals surface area contributed by atoms with Gasteiger partial charge in [-0.25, -0.2) is 0 Å². The summed E-state index contributed by atoms with van der Waals surface area (Å²) in [7, 11) is 0. The smallest absolute Gasteiger partial charge is 0.147 e. The van der Waals surface area contributed by atoms with E-state index in [2.05, 4.69) is 14.8 Å². The highest BCUT2D eigenvalue weighted by Crippen LogP contribution is 2.49. The summed E-state index contributed by atoms with van der Waals surface area (Å²) in [4.78, 5) is 0. The third-order valence-electron chi connectivity index (χ3n) is 5.26. The van der Waals surface area contributed by atoms with Crippen molar-refractivity contribution in [2.75, 3.05) is 0 Å². The van der Waals surface area contributed by atoms with Crippen LogP contribution < -0.4 is 5.73 Å². The molecule has 0 amide bonds. The van der Waals surface area contributed by atoms with Crippen LogP contribution in [-0.2, 0) is 13.0 Å². The molecule has 0 aliphatic heterocycles. The Kier molecular flexibility index (Phi) is 2.47. The lowest BCUT2D eigenvalue weighted by atomic mass is 9.86. The van der Waals surface area contributed by atoms with Gasteiger partial charge in [0.25, 0.3) is 0 Å². The third-order valence-corrected chi connectivity index (χ3v) is 5.26. The Morgan fingerprint density at radius 3 is 2.50 bits per heavy atom. The van der Waals surface area contributed by atoms with E-state index in [1.165, 1.54) is 44.3 Å². The third kappa shape index (κ3) is 1.69. The van der Waals surface area contributed by atoms with Crippen molar-refractivity contribution in [3.05, 3.63) is 11.6 Å². The van der Waals surface area contributed by atoms with E-state index < -0.39 is 0 Å². The first-order chi connectivity index (χ1) is 8.85. The second-order valence-electron chi connectivity index (χ2n) is 6.48. The van der Waals surface area contributed by atoms with Crippen molar-refractivity contribution >= 4 is 0 Å².